The van der Waals surface area contributed by atoms with E-state index in [9.17, 15) is 4.39 Å². The fraction of sp³-hybridized carbons (Fsp3) is 0.357. The zero-order valence-corrected chi connectivity index (χ0v) is 12.0. The topological polar surface area (TPSA) is 39.1 Å². The van der Waals surface area contributed by atoms with E-state index >= 15 is 0 Å². The Bertz CT molecular complexity index is 559. The number of rotatable bonds is 7. The van der Waals surface area contributed by atoms with Crippen molar-refractivity contribution in [3.63, 3.8) is 0 Å². The number of nitrogens with zero attached hydrogens (tertiary/aromatic N) is 2. The third kappa shape index (κ3) is 4.03. The van der Waals surface area contributed by atoms with Gasteiger partial charge in [0.25, 0.3) is 0 Å². The normalized spacial score (nSPS) is 10.9. The van der Waals surface area contributed by atoms with Crippen LogP contribution in [0.1, 0.15) is 11.3 Å². The molecule has 0 aliphatic rings. The summed E-state index contributed by atoms with van der Waals surface area (Å²) in [5, 5.41) is 3.35. The highest BCUT2D eigenvalue weighted by Crippen LogP contribution is 2.18. The van der Waals surface area contributed by atoms with Crippen LogP contribution in [0.4, 0.5) is 4.39 Å². The summed E-state index contributed by atoms with van der Waals surface area (Å²) in [6.07, 6.45) is 3.58. The Morgan fingerprint density at radius 3 is 3.10 bits per heavy atom. The molecule has 0 saturated heterocycles. The van der Waals surface area contributed by atoms with Crippen molar-refractivity contribution in [3.05, 3.63) is 52.8 Å². The van der Waals surface area contributed by atoms with Crippen molar-refractivity contribution < 1.29 is 9.13 Å². The third-order valence-corrected chi connectivity index (χ3v) is 3.15. The molecule has 0 fully saturated rings. The van der Waals surface area contributed by atoms with E-state index in [0.29, 0.717) is 25.3 Å². The lowest BCUT2D eigenvalue weighted by molar-refractivity contribution is 0.199. The second-order valence-electron chi connectivity index (χ2n) is 4.42. The Labute approximate surface area is 122 Å². The molecule has 20 heavy (non-hydrogen) atoms. The van der Waals surface area contributed by atoms with Crippen LogP contribution in [-0.2, 0) is 17.8 Å². The standard InChI is InChI=1S/C14H17ClFN3O/c1-20-6-5-17-7-12-9-19(10-18-12)8-11-3-2-4-13(15)14(11)16/h2-4,9-10,17H,5-8H2,1H3. The molecule has 0 radical (unpaired) electrons. The SMILES string of the molecule is COCCNCc1cn(Cc2cccc(Cl)c2F)cn1. The molecule has 0 aliphatic heterocycles. The van der Waals surface area contributed by atoms with Crippen LogP contribution in [-0.4, -0.2) is 29.8 Å². The van der Waals surface area contributed by atoms with E-state index in [-0.39, 0.29) is 10.8 Å². The zero-order chi connectivity index (χ0) is 14.4. The summed E-state index contributed by atoms with van der Waals surface area (Å²) in [6.45, 7) is 2.51. The number of halogens is 2. The first kappa shape index (κ1) is 15.0. The van der Waals surface area contributed by atoms with E-state index in [0.717, 1.165) is 12.2 Å². The molecule has 1 N–H and O–H groups in total. The van der Waals surface area contributed by atoms with Crippen molar-refractivity contribution in [1.82, 2.24) is 14.9 Å². The molecule has 1 aromatic carbocycles. The molecular formula is C14H17ClFN3O. The van der Waals surface area contributed by atoms with E-state index in [1.165, 1.54) is 0 Å². The summed E-state index contributed by atoms with van der Waals surface area (Å²) in [4.78, 5) is 4.27. The Balaban J connectivity index is 1.94. The first-order valence-electron chi connectivity index (χ1n) is 6.34. The number of methoxy groups -OCH3 is 1. The zero-order valence-electron chi connectivity index (χ0n) is 11.3. The molecule has 0 amide bonds. The lowest BCUT2D eigenvalue weighted by Gasteiger charge is -2.05. The van der Waals surface area contributed by atoms with Gasteiger partial charge in [0.15, 0.2) is 0 Å². The van der Waals surface area contributed by atoms with Crippen LogP contribution in [0.3, 0.4) is 0 Å². The Morgan fingerprint density at radius 2 is 2.30 bits per heavy atom. The summed E-state index contributed by atoms with van der Waals surface area (Å²) < 4.78 is 20.6. The first-order chi connectivity index (χ1) is 9.70. The molecule has 0 aliphatic carbocycles. The molecule has 0 bridgehead atoms. The van der Waals surface area contributed by atoms with E-state index in [2.05, 4.69) is 10.3 Å². The molecule has 0 saturated carbocycles. The summed E-state index contributed by atoms with van der Waals surface area (Å²) in [5.41, 5.74) is 1.46. The second kappa shape index (κ2) is 7.38. The number of nitrogens with one attached hydrogen (secondary N) is 1. The maximum atomic E-state index is 13.8. The predicted molar refractivity (Wildman–Crippen MR) is 76.3 cm³/mol. The van der Waals surface area contributed by atoms with Gasteiger partial charge in [-0.25, -0.2) is 9.37 Å². The maximum Gasteiger partial charge on any atom is 0.146 e. The minimum Gasteiger partial charge on any atom is -0.383 e. The van der Waals surface area contributed by atoms with Crippen LogP contribution < -0.4 is 5.32 Å². The van der Waals surface area contributed by atoms with Crippen LogP contribution >= 0.6 is 11.6 Å². The van der Waals surface area contributed by atoms with Gasteiger partial charge in [-0.3, -0.25) is 0 Å². The van der Waals surface area contributed by atoms with Crippen molar-refractivity contribution in [2.75, 3.05) is 20.3 Å². The van der Waals surface area contributed by atoms with Crippen molar-refractivity contribution in [2.45, 2.75) is 13.1 Å². The quantitative estimate of drug-likeness (QED) is 0.798. The van der Waals surface area contributed by atoms with E-state index < -0.39 is 0 Å². The average molecular weight is 298 g/mol. The molecular weight excluding hydrogens is 281 g/mol. The van der Waals surface area contributed by atoms with Gasteiger partial charge < -0.3 is 14.6 Å². The number of benzene rings is 1. The number of hydrogen-bond donors (Lipinski definition) is 1. The van der Waals surface area contributed by atoms with E-state index in [4.69, 9.17) is 16.3 Å². The number of ether oxygens (including phenoxy) is 1. The van der Waals surface area contributed by atoms with Gasteiger partial charge in [-0.05, 0) is 6.07 Å². The van der Waals surface area contributed by atoms with Crippen molar-refractivity contribution in [3.8, 4) is 0 Å². The molecule has 1 aromatic heterocycles. The number of imidazole rings is 1. The third-order valence-electron chi connectivity index (χ3n) is 2.86. The lowest BCUT2D eigenvalue weighted by atomic mass is 10.2. The lowest BCUT2D eigenvalue weighted by Crippen LogP contribution is -2.18. The van der Waals surface area contributed by atoms with Crippen LogP contribution in [0.5, 0.6) is 0 Å². The van der Waals surface area contributed by atoms with Gasteiger partial charge in [0.1, 0.15) is 5.82 Å². The Kier molecular flexibility index (Phi) is 5.52. The summed E-state index contributed by atoms with van der Waals surface area (Å²) in [5.74, 6) is -0.373. The summed E-state index contributed by atoms with van der Waals surface area (Å²) in [6, 6.07) is 5.00. The van der Waals surface area contributed by atoms with Gasteiger partial charge in [-0.2, -0.15) is 0 Å². The minimum absolute atomic E-state index is 0.143. The molecule has 108 valence electrons. The smallest absolute Gasteiger partial charge is 0.146 e. The highest BCUT2D eigenvalue weighted by molar-refractivity contribution is 6.30. The molecule has 0 unspecified atom stereocenters. The summed E-state index contributed by atoms with van der Waals surface area (Å²) >= 11 is 5.76. The van der Waals surface area contributed by atoms with Crippen molar-refractivity contribution >= 4 is 11.6 Å². The fourth-order valence-corrected chi connectivity index (χ4v) is 2.04. The van der Waals surface area contributed by atoms with E-state index in [1.54, 1.807) is 31.6 Å². The van der Waals surface area contributed by atoms with Crippen molar-refractivity contribution in [1.29, 1.82) is 0 Å². The molecule has 1 heterocycles. The Morgan fingerprint density at radius 1 is 1.45 bits per heavy atom. The van der Waals surface area contributed by atoms with Crippen LogP contribution in [0.15, 0.2) is 30.7 Å². The van der Waals surface area contributed by atoms with Gasteiger partial charge in [0, 0.05) is 32.0 Å². The molecule has 6 heteroatoms. The van der Waals surface area contributed by atoms with E-state index in [1.807, 2.05) is 10.8 Å². The molecule has 0 atom stereocenters. The first-order valence-corrected chi connectivity index (χ1v) is 6.71. The molecule has 2 rings (SSSR count). The second-order valence-corrected chi connectivity index (χ2v) is 4.83. The highest BCUT2D eigenvalue weighted by atomic mass is 35.5. The Hall–Kier alpha value is -1.43. The predicted octanol–water partition coefficient (Wildman–Crippen LogP) is 2.46. The molecule has 4 nitrogen and oxygen atoms in total. The fourth-order valence-electron chi connectivity index (χ4n) is 1.84. The van der Waals surface area contributed by atoms with Gasteiger partial charge >= 0.3 is 0 Å². The van der Waals surface area contributed by atoms with Crippen LogP contribution in [0, 0.1) is 5.82 Å². The molecule has 0 spiro atoms. The minimum atomic E-state index is -0.373. The number of hydrogen-bond acceptors (Lipinski definition) is 3. The number of aromatic nitrogens is 2. The monoisotopic (exact) mass is 297 g/mol. The maximum absolute atomic E-state index is 13.8. The highest BCUT2D eigenvalue weighted by Gasteiger charge is 2.07. The van der Waals surface area contributed by atoms with Crippen LogP contribution in [0.25, 0.3) is 0 Å². The van der Waals surface area contributed by atoms with Crippen LogP contribution in [0.2, 0.25) is 5.02 Å². The largest absolute Gasteiger partial charge is 0.383 e. The average Bonchev–Trinajstić information content (AvgIpc) is 2.88. The van der Waals surface area contributed by atoms with Gasteiger partial charge in [-0.1, -0.05) is 23.7 Å². The van der Waals surface area contributed by atoms with Crippen molar-refractivity contribution in [2.24, 2.45) is 0 Å². The summed E-state index contributed by atoms with van der Waals surface area (Å²) in [7, 11) is 1.66. The van der Waals surface area contributed by atoms with Gasteiger partial charge in [0.2, 0.25) is 0 Å². The molecule has 2 aromatic rings. The van der Waals surface area contributed by atoms with Gasteiger partial charge in [-0.15, -0.1) is 0 Å². The van der Waals surface area contributed by atoms with Gasteiger partial charge in [0.05, 0.1) is 30.2 Å².